The van der Waals surface area contributed by atoms with Crippen LogP contribution < -0.4 is 4.74 Å². The van der Waals surface area contributed by atoms with Gasteiger partial charge in [-0.1, -0.05) is 30.3 Å². The third-order valence-corrected chi connectivity index (χ3v) is 3.80. The first-order valence-electron chi connectivity index (χ1n) is 8.01. The first-order valence-corrected chi connectivity index (χ1v) is 8.01. The molecule has 0 aliphatic rings. The summed E-state index contributed by atoms with van der Waals surface area (Å²) < 4.78 is 18.3. The lowest BCUT2D eigenvalue weighted by molar-refractivity contribution is -0.128. The van der Waals surface area contributed by atoms with Gasteiger partial charge < -0.3 is 14.7 Å². The molecular weight excluding hydrogens is 321 g/mol. The molecule has 0 aliphatic carbocycles. The molecule has 4 nitrogen and oxygen atoms in total. The van der Waals surface area contributed by atoms with Crippen molar-refractivity contribution in [3.05, 3.63) is 71.0 Å². The number of amides is 1. The molecule has 0 aromatic heterocycles. The maximum atomic E-state index is 13.0. The van der Waals surface area contributed by atoms with Crippen molar-refractivity contribution in [1.29, 1.82) is 0 Å². The number of aliphatic hydroxyl groups is 1. The van der Waals surface area contributed by atoms with Gasteiger partial charge in [-0.2, -0.15) is 0 Å². The second kappa shape index (κ2) is 8.99. The highest BCUT2D eigenvalue weighted by Crippen LogP contribution is 2.20. The van der Waals surface area contributed by atoms with Crippen LogP contribution in [0.15, 0.2) is 54.1 Å². The smallest absolute Gasteiger partial charge is 0.249 e. The standard InChI is InChI=1S/C20H22FNO3/c1-15(13-16-7-9-18(21)10-8-16)20(24)22(11-12-23)14-17-5-3-4-6-19(17)25-2/h3-10,13,23H,11-12,14H2,1-2H3/b15-13+. The first-order chi connectivity index (χ1) is 12.0. The fourth-order valence-electron chi connectivity index (χ4n) is 2.53. The minimum absolute atomic E-state index is 0.134. The molecule has 0 saturated heterocycles. The Bertz CT molecular complexity index is 741. The van der Waals surface area contributed by atoms with E-state index >= 15 is 0 Å². The lowest BCUT2D eigenvalue weighted by Gasteiger charge is -2.23. The minimum Gasteiger partial charge on any atom is -0.496 e. The molecule has 2 aromatic rings. The molecule has 132 valence electrons. The van der Waals surface area contributed by atoms with E-state index < -0.39 is 0 Å². The normalized spacial score (nSPS) is 11.3. The van der Waals surface area contributed by atoms with Gasteiger partial charge in [0.1, 0.15) is 11.6 Å². The molecule has 1 N–H and O–H groups in total. The van der Waals surface area contributed by atoms with E-state index in [2.05, 4.69) is 0 Å². The van der Waals surface area contributed by atoms with Crippen LogP contribution in [0, 0.1) is 5.82 Å². The lowest BCUT2D eigenvalue weighted by atomic mass is 10.1. The molecule has 0 atom stereocenters. The quantitative estimate of drug-likeness (QED) is 0.785. The molecule has 0 unspecified atom stereocenters. The summed E-state index contributed by atoms with van der Waals surface area (Å²) in [4.78, 5) is 14.3. The van der Waals surface area contributed by atoms with Crippen LogP contribution >= 0.6 is 0 Å². The summed E-state index contributed by atoms with van der Waals surface area (Å²) in [7, 11) is 1.58. The Morgan fingerprint density at radius 2 is 1.88 bits per heavy atom. The Morgan fingerprint density at radius 3 is 2.52 bits per heavy atom. The van der Waals surface area contributed by atoms with E-state index in [1.807, 2.05) is 24.3 Å². The molecule has 2 aromatic carbocycles. The van der Waals surface area contributed by atoms with Gasteiger partial charge in [-0.25, -0.2) is 4.39 Å². The van der Waals surface area contributed by atoms with Gasteiger partial charge in [0, 0.05) is 24.2 Å². The van der Waals surface area contributed by atoms with Gasteiger partial charge >= 0.3 is 0 Å². The van der Waals surface area contributed by atoms with E-state index in [0.29, 0.717) is 17.9 Å². The number of hydrogen-bond acceptors (Lipinski definition) is 3. The van der Waals surface area contributed by atoms with E-state index in [-0.39, 0.29) is 24.9 Å². The van der Waals surface area contributed by atoms with E-state index in [1.54, 1.807) is 37.1 Å². The van der Waals surface area contributed by atoms with Crippen molar-refractivity contribution in [2.45, 2.75) is 13.5 Å². The maximum absolute atomic E-state index is 13.0. The predicted octanol–water partition coefficient (Wildman–Crippen LogP) is 3.26. The molecule has 25 heavy (non-hydrogen) atoms. The fourth-order valence-corrected chi connectivity index (χ4v) is 2.53. The highest BCUT2D eigenvalue weighted by Gasteiger charge is 2.17. The number of para-hydroxylation sites is 1. The SMILES string of the molecule is COc1ccccc1CN(CCO)C(=O)/C(C)=C/c1ccc(F)cc1. The Balaban J connectivity index is 2.20. The fraction of sp³-hybridized carbons (Fsp3) is 0.250. The minimum atomic E-state index is -0.320. The van der Waals surface area contributed by atoms with Gasteiger partial charge in [0.05, 0.1) is 13.7 Å². The zero-order valence-corrected chi connectivity index (χ0v) is 14.4. The molecule has 0 spiro atoms. The Kier molecular flexibility index (Phi) is 6.71. The second-order valence-electron chi connectivity index (χ2n) is 5.64. The zero-order valence-electron chi connectivity index (χ0n) is 14.4. The van der Waals surface area contributed by atoms with Crippen LogP contribution in [-0.4, -0.2) is 36.2 Å². The van der Waals surface area contributed by atoms with Crippen LogP contribution in [-0.2, 0) is 11.3 Å². The molecule has 0 bridgehead atoms. The van der Waals surface area contributed by atoms with Crippen molar-refractivity contribution in [2.75, 3.05) is 20.3 Å². The van der Waals surface area contributed by atoms with E-state index in [4.69, 9.17) is 4.74 Å². The van der Waals surface area contributed by atoms with Crippen LogP contribution in [0.25, 0.3) is 6.08 Å². The highest BCUT2D eigenvalue weighted by atomic mass is 19.1. The monoisotopic (exact) mass is 343 g/mol. The number of carbonyl (C=O) groups excluding carboxylic acids is 1. The summed E-state index contributed by atoms with van der Waals surface area (Å²) in [5.74, 6) is 0.182. The summed E-state index contributed by atoms with van der Waals surface area (Å²) >= 11 is 0. The predicted molar refractivity (Wildman–Crippen MR) is 95.5 cm³/mol. The topological polar surface area (TPSA) is 49.8 Å². The molecule has 5 heteroatoms. The molecule has 0 radical (unpaired) electrons. The Morgan fingerprint density at radius 1 is 1.20 bits per heavy atom. The summed E-state index contributed by atoms with van der Waals surface area (Å²) in [6.07, 6.45) is 1.70. The first kappa shape index (κ1) is 18.7. The molecular formula is C20H22FNO3. The molecule has 0 aliphatic heterocycles. The van der Waals surface area contributed by atoms with Crippen molar-refractivity contribution < 1.29 is 19.0 Å². The Hall–Kier alpha value is -2.66. The second-order valence-corrected chi connectivity index (χ2v) is 5.64. The van der Waals surface area contributed by atoms with Crippen molar-refractivity contribution in [3.63, 3.8) is 0 Å². The zero-order chi connectivity index (χ0) is 18.2. The number of carbonyl (C=O) groups is 1. The van der Waals surface area contributed by atoms with Gasteiger partial charge in [0.15, 0.2) is 0 Å². The number of rotatable bonds is 7. The van der Waals surface area contributed by atoms with Gasteiger partial charge in [-0.3, -0.25) is 4.79 Å². The maximum Gasteiger partial charge on any atom is 0.249 e. The average Bonchev–Trinajstić information content (AvgIpc) is 2.63. The van der Waals surface area contributed by atoms with Crippen molar-refractivity contribution in [1.82, 2.24) is 4.90 Å². The molecule has 0 saturated carbocycles. The number of benzene rings is 2. The van der Waals surface area contributed by atoms with Crippen LogP contribution in [0.5, 0.6) is 5.75 Å². The lowest BCUT2D eigenvalue weighted by Crippen LogP contribution is -2.33. The van der Waals surface area contributed by atoms with Gasteiger partial charge in [0.25, 0.3) is 0 Å². The summed E-state index contributed by atoms with van der Waals surface area (Å²) in [6.45, 7) is 2.12. The van der Waals surface area contributed by atoms with Crippen LogP contribution in [0.2, 0.25) is 0 Å². The summed E-state index contributed by atoms with van der Waals surface area (Å²) in [5, 5.41) is 9.31. The summed E-state index contributed by atoms with van der Waals surface area (Å²) in [6, 6.07) is 13.4. The number of aliphatic hydroxyl groups excluding tert-OH is 1. The van der Waals surface area contributed by atoms with Gasteiger partial charge in [-0.05, 0) is 36.8 Å². The van der Waals surface area contributed by atoms with Gasteiger partial charge in [0.2, 0.25) is 5.91 Å². The molecule has 1 amide bonds. The number of halogens is 1. The number of ether oxygens (including phenoxy) is 1. The van der Waals surface area contributed by atoms with Crippen LogP contribution in [0.4, 0.5) is 4.39 Å². The molecule has 2 rings (SSSR count). The molecule has 0 fully saturated rings. The third-order valence-electron chi connectivity index (χ3n) is 3.80. The van der Waals surface area contributed by atoms with E-state index in [0.717, 1.165) is 11.1 Å². The number of hydrogen-bond donors (Lipinski definition) is 1. The largest absolute Gasteiger partial charge is 0.496 e. The highest BCUT2D eigenvalue weighted by molar-refractivity contribution is 5.97. The van der Waals surface area contributed by atoms with E-state index in [1.165, 1.54) is 12.1 Å². The Labute approximate surface area is 147 Å². The summed E-state index contributed by atoms with van der Waals surface area (Å²) in [5.41, 5.74) is 2.12. The van der Waals surface area contributed by atoms with Crippen LogP contribution in [0.3, 0.4) is 0 Å². The van der Waals surface area contributed by atoms with Crippen molar-refractivity contribution >= 4 is 12.0 Å². The average molecular weight is 343 g/mol. The van der Waals surface area contributed by atoms with Crippen molar-refractivity contribution in [2.24, 2.45) is 0 Å². The van der Waals surface area contributed by atoms with Crippen molar-refractivity contribution in [3.8, 4) is 5.75 Å². The van der Waals surface area contributed by atoms with E-state index in [9.17, 15) is 14.3 Å². The molecule has 0 heterocycles. The van der Waals surface area contributed by atoms with Crippen LogP contribution in [0.1, 0.15) is 18.1 Å². The third kappa shape index (κ3) is 5.16. The number of nitrogens with zero attached hydrogens (tertiary/aromatic N) is 1. The number of methoxy groups -OCH3 is 1. The van der Waals surface area contributed by atoms with Gasteiger partial charge in [-0.15, -0.1) is 0 Å².